The third kappa shape index (κ3) is 4.30. The van der Waals surface area contributed by atoms with Gasteiger partial charge in [0.25, 0.3) is 0 Å². The second-order valence-corrected chi connectivity index (χ2v) is 5.83. The SMILES string of the molecule is CCOC(=O)c1cn(CCN(CC)CC)c2ncc(B(O)O)cc2c1=O. The van der Waals surface area contributed by atoms with E-state index in [2.05, 4.69) is 23.7 Å². The molecule has 0 radical (unpaired) electrons. The summed E-state index contributed by atoms with van der Waals surface area (Å²) in [6.07, 6.45) is 2.78. The normalized spacial score (nSPS) is 11.2. The molecule has 0 saturated heterocycles. The highest BCUT2D eigenvalue weighted by Crippen LogP contribution is 2.10. The molecule has 0 amide bonds. The van der Waals surface area contributed by atoms with Crippen molar-refractivity contribution in [3.63, 3.8) is 0 Å². The molecule has 0 aliphatic carbocycles. The highest BCUT2D eigenvalue weighted by Gasteiger charge is 2.20. The lowest BCUT2D eigenvalue weighted by Crippen LogP contribution is -2.32. The minimum Gasteiger partial charge on any atom is -0.462 e. The zero-order valence-corrected chi connectivity index (χ0v) is 15.3. The third-order valence-corrected chi connectivity index (χ3v) is 4.28. The molecule has 0 aliphatic rings. The Kier molecular flexibility index (Phi) is 6.90. The summed E-state index contributed by atoms with van der Waals surface area (Å²) in [7, 11) is -1.75. The Labute approximate surface area is 152 Å². The van der Waals surface area contributed by atoms with Gasteiger partial charge in [-0.2, -0.15) is 0 Å². The number of likely N-dealkylation sites (N-methyl/N-ethyl adjacent to an activating group) is 1. The van der Waals surface area contributed by atoms with Crippen molar-refractivity contribution >= 4 is 29.6 Å². The van der Waals surface area contributed by atoms with Crippen LogP contribution < -0.4 is 10.9 Å². The summed E-state index contributed by atoms with van der Waals surface area (Å²) >= 11 is 0. The summed E-state index contributed by atoms with van der Waals surface area (Å²) in [6.45, 7) is 8.96. The molecule has 0 aromatic carbocycles. The van der Waals surface area contributed by atoms with E-state index in [1.165, 1.54) is 18.5 Å². The molecule has 0 spiro atoms. The highest BCUT2D eigenvalue weighted by molar-refractivity contribution is 6.58. The van der Waals surface area contributed by atoms with Crippen molar-refractivity contribution in [1.82, 2.24) is 14.5 Å². The van der Waals surface area contributed by atoms with Crippen LogP contribution in [0.4, 0.5) is 0 Å². The molecule has 0 aliphatic heterocycles. The molecule has 26 heavy (non-hydrogen) atoms. The lowest BCUT2D eigenvalue weighted by atomic mass is 9.81. The van der Waals surface area contributed by atoms with Gasteiger partial charge in [0.2, 0.25) is 5.43 Å². The molecular formula is C17H24BN3O5. The summed E-state index contributed by atoms with van der Waals surface area (Å²) in [4.78, 5) is 31.3. The number of aromatic nitrogens is 2. The average Bonchev–Trinajstić information content (AvgIpc) is 2.63. The molecule has 2 aromatic heterocycles. The summed E-state index contributed by atoms with van der Waals surface area (Å²) < 4.78 is 6.71. The molecule has 0 saturated carbocycles. The lowest BCUT2D eigenvalue weighted by Gasteiger charge is -2.20. The minimum absolute atomic E-state index is 0.0888. The van der Waals surface area contributed by atoms with E-state index in [9.17, 15) is 19.6 Å². The van der Waals surface area contributed by atoms with Gasteiger partial charge in [-0.05, 0) is 26.1 Å². The van der Waals surface area contributed by atoms with Crippen molar-refractivity contribution in [2.24, 2.45) is 0 Å². The zero-order valence-electron chi connectivity index (χ0n) is 15.3. The molecule has 9 heteroatoms. The zero-order chi connectivity index (χ0) is 19.3. The van der Waals surface area contributed by atoms with Crippen LogP contribution in [0.5, 0.6) is 0 Å². The van der Waals surface area contributed by atoms with Crippen molar-refractivity contribution in [2.75, 3.05) is 26.2 Å². The van der Waals surface area contributed by atoms with Crippen LogP contribution in [0.25, 0.3) is 11.0 Å². The molecule has 0 atom stereocenters. The molecule has 2 heterocycles. The van der Waals surface area contributed by atoms with Crippen molar-refractivity contribution in [3.8, 4) is 0 Å². The summed E-state index contributed by atoms with van der Waals surface area (Å²) in [5, 5.41) is 18.9. The topological polar surface area (TPSA) is 105 Å². The van der Waals surface area contributed by atoms with E-state index in [-0.39, 0.29) is 23.0 Å². The van der Waals surface area contributed by atoms with Gasteiger partial charge in [-0.3, -0.25) is 4.79 Å². The maximum atomic E-state index is 12.7. The van der Waals surface area contributed by atoms with Crippen molar-refractivity contribution in [2.45, 2.75) is 27.3 Å². The fraction of sp³-hybridized carbons (Fsp3) is 0.471. The lowest BCUT2D eigenvalue weighted by molar-refractivity contribution is 0.0524. The maximum absolute atomic E-state index is 12.7. The molecule has 140 valence electrons. The van der Waals surface area contributed by atoms with E-state index in [0.717, 1.165) is 19.6 Å². The van der Waals surface area contributed by atoms with E-state index in [1.54, 1.807) is 11.5 Å². The van der Waals surface area contributed by atoms with E-state index in [1.807, 2.05) is 0 Å². The Morgan fingerprint density at radius 3 is 2.58 bits per heavy atom. The van der Waals surface area contributed by atoms with Crippen LogP contribution in [0.1, 0.15) is 31.1 Å². The van der Waals surface area contributed by atoms with Gasteiger partial charge >= 0.3 is 13.1 Å². The Balaban J connectivity index is 2.59. The molecule has 0 fully saturated rings. The largest absolute Gasteiger partial charge is 0.490 e. The fourth-order valence-corrected chi connectivity index (χ4v) is 2.75. The quantitative estimate of drug-likeness (QED) is 0.487. The first-order chi connectivity index (χ1) is 12.4. The molecule has 2 aromatic rings. The molecule has 0 bridgehead atoms. The second-order valence-electron chi connectivity index (χ2n) is 5.83. The number of rotatable bonds is 8. The van der Waals surface area contributed by atoms with Gasteiger partial charge in [0.1, 0.15) is 11.2 Å². The number of fused-ring (bicyclic) bond motifs is 1. The van der Waals surface area contributed by atoms with Gasteiger partial charge in [-0.1, -0.05) is 13.8 Å². The highest BCUT2D eigenvalue weighted by atomic mass is 16.5. The number of hydrogen-bond donors (Lipinski definition) is 2. The van der Waals surface area contributed by atoms with Crippen LogP contribution in [-0.4, -0.2) is 63.8 Å². The maximum Gasteiger partial charge on any atom is 0.490 e. The predicted molar refractivity (Wildman–Crippen MR) is 99.6 cm³/mol. The van der Waals surface area contributed by atoms with Crippen LogP contribution in [0, 0.1) is 0 Å². The van der Waals surface area contributed by atoms with Crippen LogP contribution in [-0.2, 0) is 11.3 Å². The first kappa shape index (κ1) is 20.1. The smallest absolute Gasteiger partial charge is 0.462 e. The summed E-state index contributed by atoms with van der Waals surface area (Å²) in [5.74, 6) is -0.703. The van der Waals surface area contributed by atoms with Gasteiger partial charge in [-0.25, -0.2) is 9.78 Å². The molecule has 8 nitrogen and oxygen atoms in total. The van der Waals surface area contributed by atoms with E-state index in [0.29, 0.717) is 12.2 Å². The van der Waals surface area contributed by atoms with Crippen LogP contribution in [0.15, 0.2) is 23.3 Å². The first-order valence-corrected chi connectivity index (χ1v) is 8.71. The van der Waals surface area contributed by atoms with E-state index in [4.69, 9.17) is 4.74 Å². The van der Waals surface area contributed by atoms with E-state index < -0.39 is 18.5 Å². The Morgan fingerprint density at radius 1 is 1.31 bits per heavy atom. The number of pyridine rings is 2. The van der Waals surface area contributed by atoms with Gasteiger partial charge < -0.3 is 24.3 Å². The number of hydrogen-bond acceptors (Lipinski definition) is 7. The second kappa shape index (κ2) is 8.93. The summed E-state index contributed by atoms with van der Waals surface area (Å²) in [6, 6.07) is 1.35. The van der Waals surface area contributed by atoms with Gasteiger partial charge in [-0.15, -0.1) is 0 Å². The first-order valence-electron chi connectivity index (χ1n) is 8.71. The average molecular weight is 361 g/mol. The Hall–Kier alpha value is -2.23. The number of ether oxygens (including phenoxy) is 1. The monoisotopic (exact) mass is 361 g/mol. The van der Waals surface area contributed by atoms with Crippen LogP contribution in [0.2, 0.25) is 0 Å². The number of nitrogens with zero attached hydrogens (tertiary/aromatic N) is 3. The van der Waals surface area contributed by atoms with Gasteiger partial charge in [0, 0.05) is 30.9 Å². The number of esters is 1. The number of carbonyl (C=O) groups excluding carboxylic acids is 1. The third-order valence-electron chi connectivity index (χ3n) is 4.28. The number of carbonyl (C=O) groups is 1. The fourth-order valence-electron chi connectivity index (χ4n) is 2.75. The Bertz CT molecular complexity index is 833. The van der Waals surface area contributed by atoms with Crippen LogP contribution >= 0.6 is 0 Å². The molecule has 0 unspecified atom stereocenters. The van der Waals surface area contributed by atoms with Gasteiger partial charge in [0.05, 0.1) is 12.0 Å². The van der Waals surface area contributed by atoms with Crippen LogP contribution in [0.3, 0.4) is 0 Å². The molecule has 2 rings (SSSR count). The molecule has 2 N–H and O–H groups in total. The van der Waals surface area contributed by atoms with Crippen molar-refractivity contribution in [1.29, 1.82) is 0 Å². The summed E-state index contributed by atoms with van der Waals surface area (Å²) in [5.41, 5.74) is -0.150. The predicted octanol–water partition coefficient (Wildman–Crippen LogP) is -0.405. The van der Waals surface area contributed by atoms with Crippen molar-refractivity contribution < 1.29 is 19.6 Å². The standard InChI is InChI=1S/C17H24BN3O5/c1-4-20(5-2)7-8-21-11-14(17(23)26-6-3)15(22)13-9-12(18(24)25)10-19-16(13)21/h9-11,24-25H,4-8H2,1-3H3. The van der Waals surface area contributed by atoms with E-state index >= 15 is 0 Å². The molecular weight excluding hydrogens is 337 g/mol. The minimum atomic E-state index is -1.75. The van der Waals surface area contributed by atoms with Gasteiger partial charge in [0.15, 0.2) is 0 Å². The van der Waals surface area contributed by atoms with Crippen molar-refractivity contribution in [3.05, 3.63) is 34.2 Å². The Morgan fingerprint density at radius 2 is 2.00 bits per heavy atom.